The maximum absolute atomic E-state index is 6.22. The molecule has 0 aliphatic heterocycles. The normalized spacial score (nSPS) is 12.4. The zero-order valence-electron chi connectivity index (χ0n) is 11.5. The Morgan fingerprint density at radius 2 is 2.06 bits per heavy atom. The van der Waals surface area contributed by atoms with Gasteiger partial charge in [0.2, 0.25) is 0 Å². The fraction of sp³-hybridized carbons (Fsp3) is 0.769. The quantitative estimate of drug-likeness (QED) is 0.852. The highest BCUT2D eigenvalue weighted by Gasteiger charge is 2.22. The molecule has 0 unspecified atom stereocenters. The largest absolute Gasteiger partial charge is 0.321 e. The van der Waals surface area contributed by atoms with Crippen LogP contribution in [-0.2, 0) is 17.7 Å². The van der Waals surface area contributed by atoms with Crippen molar-refractivity contribution in [1.29, 1.82) is 0 Å². The van der Waals surface area contributed by atoms with Gasteiger partial charge in [-0.05, 0) is 25.5 Å². The second-order valence-electron chi connectivity index (χ2n) is 5.21. The summed E-state index contributed by atoms with van der Waals surface area (Å²) in [6, 6.07) is 0. The lowest BCUT2D eigenvalue weighted by atomic mass is 10.0. The van der Waals surface area contributed by atoms with Crippen LogP contribution in [0.15, 0.2) is 0 Å². The molecule has 2 N–H and O–H groups in total. The van der Waals surface area contributed by atoms with E-state index in [2.05, 4.69) is 34.6 Å². The number of aryl methyl sites for hydroxylation is 1. The van der Waals surface area contributed by atoms with Gasteiger partial charge in [-0.25, -0.2) is 4.98 Å². The van der Waals surface area contributed by atoms with Crippen molar-refractivity contribution in [2.24, 2.45) is 5.73 Å². The van der Waals surface area contributed by atoms with Crippen LogP contribution in [0.5, 0.6) is 0 Å². The highest BCUT2D eigenvalue weighted by Crippen LogP contribution is 2.31. The molecule has 0 aliphatic carbocycles. The molecule has 0 amide bonds. The van der Waals surface area contributed by atoms with Crippen molar-refractivity contribution in [2.75, 3.05) is 0 Å². The van der Waals surface area contributed by atoms with Crippen LogP contribution < -0.4 is 5.73 Å². The molecule has 1 heterocycles. The summed E-state index contributed by atoms with van der Waals surface area (Å²) in [4.78, 5) is 6.02. The standard InChI is InChI=1S/C13H24N2S2/c1-6-7-10-12(13(4,5)14)17-11(15-10)8-16-9(2)3/h9H,6-8,14H2,1-5H3. The molecule has 0 radical (unpaired) electrons. The zero-order valence-corrected chi connectivity index (χ0v) is 13.2. The average molecular weight is 272 g/mol. The van der Waals surface area contributed by atoms with Crippen molar-refractivity contribution in [1.82, 2.24) is 4.98 Å². The molecule has 0 saturated heterocycles. The molecule has 0 spiro atoms. The van der Waals surface area contributed by atoms with Gasteiger partial charge in [0, 0.05) is 16.2 Å². The van der Waals surface area contributed by atoms with Crippen LogP contribution in [-0.4, -0.2) is 10.2 Å². The van der Waals surface area contributed by atoms with Crippen molar-refractivity contribution in [3.05, 3.63) is 15.6 Å². The molecule has 0 atom stereocenters. The Bertz CT molecular complexity index is 351. The molecule has 0 aromatic carbocycles. The number of nitrogens with zero attached hydrogens (tertiary/aromatic N) is 1. The smallest absolute Gasteiger partial charge is 0.103 e. The third kappa shape index (κ3) is 4.60. The monoisotopic (exact) mass is 272 g/mol. The first kappa shape index (κ1) is 15.0. The minimum Gasteiger partial charge on any atom is -0.321 e. The summed E-state index contributed by atoms with van der Waals surface area (Å²) >= 11 is 3.73. The van der Waals surface area contributed by atoms with Crippen LogP contribution >= 0.6 is 23.1 Å². The van der Waals surface area contributed by atoms with Gasteiger partial charge in [-0.1, -0.05) is 27.2 Å². The van der Waals surface area contributed by atoms with Crippen LogP contribution in [0.4, 0.5) is 0 Å². The maximum atomic E-state index is 6.22. The van der Waals surface area contributed by atoms with Gasteiger partial charge < -0.3 is 5.73 Å². The lowest BCUT2D eigenvalue weighted by Crippen LogP contribution is -2.28. The van der Waals surface area contributed by atoms with E-state index in [0.29, 0.717) is 5.25 Å². The summed E-state index contributed by atoms with van der Waals surface area (Å²) in [7, 11) is 0. The van der Waals surface area contributed by atoms with Gasteiger partial charge >= 0.3 is 0 Å². The van der Waals surface area contributed by atoms with Crippen LogP contribution in [0.1, 0.15) is 56.6 Å². The van der Waals surface area contributed by atoms with Crippen molar-refractivity contribution < 1.29 is 0 Å². The predicted octanol–water partition coefficient (Wildman–Crippen LogP) is 3.93. The van der Waals surface area contributed by atoms with Crippen LogP contribution in [0.2, 0.25) is 0 Å². The van der Waals surface area contributed by atoms with Crippen LogP contribution in [0.3, 0.4) is 0 Å². The van der Waals surface area contributed by atoms with Gasteiger partial charge in [-0.2, -0.15) is 11.8 Å². The fourth-order valence-electron chi connectivity index (χ4n) is 1.61. The molecule has 2 nitrogen and oxygen atoms in total. The Kier molecular flexibility index (Phi) is 5.48. The minimum atomic E-state index is -0.261. The van der Waals surface area contributed by atoms with Crippen molar-refractivity contribution in [3.63, 3.8) is 0 Å². The van der Waals surface area contributed by atoms with Gasteiger partial charge in [0.15, 0.2) is 0 Å². The van der Waals surface area contributed by atoms with Gasteiger partial charge in [0.25, 0.3) is 0 Å². The molecular formula is C13H24N2S2. The molecule has 0 bridgehead atoms. The van der Waals surface area contributed by atoms with E-state index in [1.807, 2.05) is 11.8 Å². The van der Waals surface area contributed by atoms with E-state index >= 15 is 0 Å². The average Bonchev–Trinajstić information content (AvgIpc) is 2.58. The third-order valence-corrected chi connectivity index (χ3v) is 5.08. The Morgan fingerprint density at radius 1 is 1.41 bits per heavy atom. The lowest BCUT2D eigenvalue weighted by Gasteiger charge is -2.17. The first-order valence-electron chi connectivity index (χ1n) is 6.24. The number of rotatable bonds is 6. The highest BCUT2D eigenvalue weighted by atomic mass is 32.2. The van der Waals surface area contributed by atoms with E-state index < -0.39 is 0 Å². The Balaban J connectivity index is 2.88. The van der Waals surface area contributed by atoms with Gasteiger partial charge in [-0.3, -0.25) is 0 Å². The number of nitrogens with two attached hydrogens (primary N) is 1. The van der Waals surface area contributed by atoms with E-state index in [4.69, 9.17) is 10.7 Å². The van der Waals surface area contributed by atoms with Crippen LogP contribution in [0.25, 0.3) is 0 Å². The molecule has 1 aromatic heterocycles. The Hall–Kier alpha value is -0.0600. The minimum absolute atomic E-state index is 0.261. The Morgan fingerprint density at radius 3 is 2.53 bits per heavy atom. The molecule has 0 fully saturated rings. The molecule has 1 aromatic rings. The van der Waals surface area contributed by atoms with Crippen molar-refractivity contribution >= 4 is 23.1 Å². The summed E-state index contributed by atoms with van der Waals surface area (Å²) < 4.78 is 0. The van der Waals surface area contributed by atoms with Crippen molar-refractivity contribution in [2.45, 2.75) is 64.0 Å². The molecule has 0 aliphatic rings. The van der Waals surface area contributed by atoms with E-state index in [1.165, 1.54) is 15.6 Å². The molecular weight excluding hydrogens is 248 g/mol. The van der Waals surface area contributed by atoms with E-state index in [1.54, 1.807) is 11.3 Å². The summed E-state index contributed by atoms with van der Waals surface area (Å²) in [5.74, 6) is 1.01. The molecule has 98 valence electrons. The molecule has 0 saturated carbocycles. The second kappa shape index (κ2) is 6.21. The van der Waals surface area contributed by atoms with Crippen LogP contribution in [0, 0.1) is 0 Å². The van der Waals surface area contributed by atoms with E-state index in [0.717, 1.165) is 18.6 Å². The lowest BCUT2D eigenvalue weighted by molar-refractivity contribution is 0.557. The zero-order chi connectivity index (χ0) is 13.1. The second-order valence-corrected chi connectivity index (χ2v) is 7.86. The van der Waals surface area contributed by atoms with E-state index in [9.17, 15) is 0 Å². The number of thiazole rings is 1. The summed E-state index contributed by atoms with van der Waals surface area (Å²) in [5.41, 5.74) is 7.17. The molecule has 1 rings (SSSR count). The Labute approximate surface area is 113 Å². The van der Waals surface area contributed by atoms with E-state index in [-0.39, 0.29) is 5.54 Å². The first-order valence-corrected chi connectivity index (χ1v) is 8.10. The number of hydrogen-bond donors (Lipinski definition) is 1. The number of thioether (sulfide) groups is 1. The maximum Gasteiger partial charge on any atom is 0.103 e. The third-order valence-electron chi connectivity index (χ3n) is 2.35. The summed E-state index contributed by atoms with van der Waals surface area (Å²) in [5, 5.41) is 1.88. The molecule has 17 heavy (non-hydrogen) atoms. The number of hydrogen-bond acceptors (Lipinski definition) is 4. The molecule has 4 heteroatoms. The number of aromatic nitrogens is 1. The van der Waals surface area contributed by atoms with Gasteiger partial charge in [0.05, 0.1) is 5.69 Å². The summed E-state index contributed by atoms with van der Waals surface area (Å²) in [6.45, 7) is 10.8. The van der Waals surface area contributed by atoms with Crippen molar-refractivity contribution in [3.8, 4) is 0 Å². The summed E-state index contributed by atoms with van der Waals surface area (Å²) in [6.07, 6.45) is 2.17. The highest BCUT2D eigenvalue weighted by molar-refractivity contribution is 7.99. The SMILES string of the molecule is CCCc1nc(CSC(C)C)sc1C(C)(C)N. The topological polar surface area (TPSA) is 38.9 Å². The van der Waals surface area contributed by atoms with Gasteiger partial charge in [-0.15, -0.1) is 11.3 Å². The first-order chi connectivity index (χ1) is 7.84. The predicted molar refractivity (Wildman–Crippen MR) is 79.8 cm³/mol. The van der Waals surface area contributed by atoms with Gasteiger partial charge in [0.1, 0.15) is 5.01 Å². The fourth-order valence-corrected chi connectivity index (χ4v) is 3.51.